The van der Waals surface area contributed by atoms with Crippen molar-refractivity contribution in [1.29, 1.82) is 0 Å². The Morgan fingerprint density at radius 2 is 1.38 bits per heavy atom. The number of esters is 2. The van der Waals surface area contributed by atoms with E-state index in [0.717, 1.165) is 11.1 Å². The first-order chi connectivity index (χ1) is 15.6. The number of amides is 1. The van der Waals surface area contributed by atoms with Crippen LogP contribution in [0.2, 0.25) is 0 Å². The summed E-state index contributed by atoms with van der Waals surface area (Å²) in [4.78, 5) is 40.9. The number of carbonyl (C=O) groups is 3. The van der Waals surface area contributed by atoms with E-state index in [9.17, 15) is 14.4 Å². The monoisotopic (exact) mass is 436 g/mol. The van der Waals surface area contributed by atoms with E-state index >= 15 is 0 Å². The molecule has 5 atom stereocenters. The van der Waals surface area contributed by atoms with E-state index in [1.165, 1.54) is 14.2 Å². The van der Waals surface area contributed by atoms with Crippen LogP contribution < -0.4 is 5.32 Å². The van der Waals surface area contributed by atoms with Crippen LogP contribution in [-0.2, 0) is 30.4 Å². The van der Waals surface area contributed by atoms with E-state index < -0.39 is 29.8 Å². The van der Waals surface area contributed by atoms with Gasteiger partial charge in [0.25, 0.3) is 0 Å². The fourth-order valence-electron chi connectivity index (χ4n) is 5.33. The van der Waals surface area contributed by atoms with Crippen LogP contribution in [0, 0.1) is 11.8 Å². The first-order valence-corrected chi connectivity index (χ1v) is 10.9. The molecule has 1 N–H and O–H groups in total. The van der Waals surface area contributed by atoms with Crippen LogP contribution in [0.15, 0.2) is 60.7 Å². The van der Waals surface area contributed by atoms with Crippen molar-refractivity contribution in [3.05, 3.63) is 71.8 Å². The molecule has 2 bridgehead atoms. The molecule has 168 valence electrons. The van der Waals surface area contributed by atoms with Crippen LogP contribution >= 0.6 is 0 Å². The molecule has 7 heteroatoms. The zero-order valence-electron chi connectivity index (χ0n) is 18.3. The second-order valence-corrected chi connectivity index (χ2v) is 8.27. The summed E-state index contributed by atoms with van der Waals surface area (Å²) in [7, 11) is 2.66. The quantitative estimate of drug-likeness (QED) is 0.672. The highest BCUT2D eigenvalue weighted by Crippen LogP contribution is 2.50. The average Bonchev–Trinajstić information content (AvgIpc) is 3.39. The maximum Gasteiger partial charge on any atom is 0.311 e. The number of ether oxygens (including phenoxy) is 2. The minimum absolute atomic E-state index is 0.161. The lowest BCUT2D eigenvalue weighted by molar-refractivity contribution is -0.157. The minimum Gasteiger partial charge on any atom is -0.469 e. The molecule has 1 unspecified atom stereocenters. The van der Waals surface area contributed by atoms with Gasteiger partial charge in [0.2, 0.25) is 5.91 Å². The molecule has 2 aromatic rings. The van der Waals surface area contributed by atoms with Crippen LogP contribution in [0.5, 0.6) is 0 Å². The molecule has 7 nitrogen and oxygen atoms in total. The fourth-order valence-corrected chi connectivity index (χ4v) is 5.33. The van der Waals surface area contributed by atoms with Crippen molar-refractivity contribution >= 4 is 17.8 Å². The van der Waals surface area contributed by atoms with Crippen LogP contribution in [0.3, 0.4) is 0 Å². The summed E-state index contributed by atoms with van der Waals surface area (Å²) in [6, 6.07) is 18.0. The zero-order valence-corrected chi connectivity index (χ0v) is 18.3. The lowest BCUT2D eigenvalue weighted by Crippen LogP contribution is -2.44. The van der Waals surface area contributed by atoms with Gasteiger partial charge in [-0.05, 0) is 24.0 Å². The SMILES string of the molecule is COC(=O)[C@H]1[C@H](C(=O)OC)[C@@H]2CC[C@H]1N2C(C(=O)NCc1ccccc1)c1ccccc1. The number of nitrogens with one attached hydrogen (secondary N) is 1. The van der Waals surface area contributed by atoms with Crippen molar-refractivity contribution in [2.45, 2.75) is 37.5 Å². The Morgan fingerprint density at radius 1 is 0.875 bits per heavy atom. The maximum atomic E-state index is 13.5. The highest BCUT2D eigenvalue weighted by molar-refractivity contribution is 5.87. The summed E-state index contributed by atoms with van der Waals surface area (Å²) < 4.78 is 10.1. The molecule has 0 radical (unpaired) electrons. The van der Waals surface area contributed by atoms with Gasteiger partial charge >= 0.3 is 11.9 Å². The van der Waals surface area contributed by atoms with E-state index in [1.54, 1.807) is 0 Å². The lowest BCUT2D eigenvalue weighted by atomic mass is 9.79. The van der Waals surface area contributed by atoms with E-state index in [1.807, 2.05) is 65.6 Å². The third-order valence-electron chi connectivity index (χ3n) is 6.66. The van der Waals surface area contributed by atoms with Gasteiger partial charge in [0, 0.05) is 18.6 Å². The highest BCUT2D eigenvalue weighted by Gasteiger charge is 2.62. The van der Waals surface area contributed by atoms with Crippen molar-refractivity contribution < 1.29 is 23.9 Å². The van der Waals surface area contributed by atoms with Crippen molar-refractivity contribution in [2.75, 3.05) is 14.2 Å². The van der Waals surface area contributed by atoms with E-state index in [2.05, 4.69) is 5.32 Å². The Balaban J connectivity index is 1.67. The van der Waals surface area contributed by atoms with E-state index in [4.69, 9.17) is 9.47 Å². The average molecular weight is 437 g/mol. The van der Waals surface area contributed by atoms with Gasteiger partial charge in [-0.2, -0.15) is 0 Å². The number of nitrogens with zero attached hydrogens (tertiary/aromatic N) is 1. The number of hydrogen-bond acceptors (Lipinski definition) is 6. The maximum absolute atomic E-state index is 13.5. The summed E-state index contributed by atoms with van der Waals surface area (Å²) in [6.45, 7) is 0.396. The van der Waals surface area contributed by atoms with Gasteiger partial charge in [0.05, 0.1) is 26.1 Å². The zero-order chi connectivity index (χ0) is 22.7. The predicted octanol–water partition coefficient (Wildman–Crippen LogP) is 2.47. The summed E-state index contributed by atoms with van der Waals surface area (Å²) >= 11 is 0. The van der Waals surface area contributed by atoms with Gasteiger partial charge in [-0.1, -0.05) is 60.7 Å². The van der Waals surface area contributed by atoms with E-state index in [0.29, 0.717) is 19.4 Å². The third-order valence-corrected chi connectivity index (χ3v) is 6.66. The summed E-state index contributed by atoms with van der Waals surface area (Å²) in [5.74, 6) is -2.34. The normalized spacial score (nSPS) is 25.2. The Labute approximate surface area is 187 Å². The fraction of sp³-hybridized carbons (Fsp3) is 0.400. The molecule has 1 amide bonds. The second-order valence-electron chi connectivity index (χ2n) is 8.27. The number of rotatable bonds is 7. The highest BCUT2D eigenvalue weighted by atomic mass is 16.5. The Hall–Kier alpha value is -3.19. The number of benzene rings is 2. The molecular formula is C25H28N2O5. The Bertz CT molecular complexity index is 935. The molecule has 0 saturated carbocycles. The van der Waals surface area contributed by atoms with Gasteiger partial charge in [0.15, 0.2) is 0 Å². The molecule has 0 spiro atoms. The molecular weight excluding hydrogens is 408 g/mol. The van der Waals surface area contributed by atoms with Gasteiger partial charge in [-0.25, -0.2) is 0 Å². The standard InChI is InChI=1S/C25H28N2O5/c1-31-24(29)20-18-13-14-19(21(20)25(30)32-2)27(18)22(17-11-7-4-8-12-17)23(28)26-15-16-9-5-3-6-10-16/h3-12,18-22H,13-15H2,1-2H3,(H,26,28)/t18-,19+,20-,21-,22?/m1/s1. The van der Waals surface area contributed by atoms with Crippen molar-refractivity contribution in [2.24, 2.45) is 11.8 Å². The topological polar surface area (TPSA) is 84.9 Å². The third kappa shape index (κ3) is 4.00. The van der Waals surface area contributed by atoms with Crippen LogP contribution in [0.4, 0.5) is 0 Å². The largest absolute Gasteiger partial charge is 0.469 e. The minimum atomic E-state index is -0.653. The lowest BCUT2D eigenvalue weighted by Gasteiger charge is -2.32. The van der Waals surface area contributed by atoms with E-state index in [-0.39, 0.29) is 18.0 Å². The van der Waals surface area contributed by atoms with Crippen LogP contribution in [0.1, 0.15) is 30.0 Å². The number of carbonyl (C=O) groups excluding carboxylic acids is 3. The molecule has 2 heterocycles. The summed E-state index contributed by atoms with van der Waals surface area (Å²) in [6.07, 6.45) is 1.43. The van der Waals surface area contributed by atoms with Crippen LogP contribution in [-0.4, -0.2) is 49.0 Å². The number of fused-ring (bicyclic) bond motifs is 2. The molecule has 4 rings (SSSR count). The summed E-state index contributed by atoms with van der Waals surface area (Å²) in [5.41, 5.74) is 1.82. The Kier molecular flexibility index (Phi) is 6.55. The molecule has 2 aliphatic heterocycles. The number of methoxy groups -OCH3 is 2. The van der Waals surface area contributed by atoms with Gasteiger partial charge in [0.1, 0.15) is 6.04 Å². The molecule has 0 aliphatic carbocycles. The molecule has 2 saturated heterocycles. The molecule has 2 fully saturated rings. The number of hydrogen-bond donors (Lipinski definition) is 1. The second kappa shape index (κ2) is 9.53. The van der Waals surface area contributed by atoms with Gasteiger partial charge in [-0.3, -0.25) is 19.3 Å². The first-order valence-electron chi connectivity index (χ1n) is 10.9. The summed E-state index contributed by atoms with van der Waals surface area (Å²) in [5, 5.41) is 3.05. The van der Waals surface area contributed by atoms with Gasteiger partial charge in [-0.15, -0.1) is 0 Å². The predicted molar refractivity (Wildman–Crippen MR) is 117 cm³/mol. The first kappa shape index (κ1) is 22.0. The molecule has 2 aromatic carbocycles. The van der Waals surface area contributed by atoms with Crippen molar-refractivity contribution in [3.63, 3.8) is 0 Å². The molecule has 0 aromatic heterocycles. The Morgan fingerprint density at radius 3 is 1.88 bits per heavy atom. The van der Waals surface area contributed by atoms with Crippen LogP contribution in [0.25, 0.3) is 0 Å². The molecule has 2 aliphatic rings. The van der Waals surface area contributed by atoms with Gasteiger partial charge < -0.3 is 14.8 Å². The molecule has 32 heavy (non-hydrogen) atoms. The van der Waals surface area contributed by atoms with Crippen molar-refractivity contribution in [3.8, 4) is 0 Å². The smallest absolute Gasteiger partial charge is 0.311 e. The van der Waals surface area contributed by atoms with Crippen molar-refractivity contribution in [1.82, 2.24) is 10.2 Å².